The Labute approximate surface area is 257 Å². The van der Waals surface area contributed by atoms with E-state index in [1.54, 1.807) is 0 Å². The standard InChI is InChI=1S/C28H32F3N7O4S2/c1-6-16(35-27(39)42-5)15-34-26-33-14-13-21(36-26)23(32)24(37-43-28(2,3)4)17-9-7-12-20(22(17)31)38-44(40,41)25-18(29)10-8-11-19(25)30/h6-14,16,23,38H,1,15,32H2,2-5H3,(H,35,39)(H,33,34,36)/b37-24-/t16-,23?/m0/s1. The number of sulfonamides is 1. The van der Waals surface area contributed by atoms with Crippen LogP contribution in [0.25, 0.3) is 0 Å². The largest absolute Gasteiger partial charge is 0.453 e. The second-order valence-corrected chi connectivity index (χ2v) is 13.4. The van der Waals surface area contributed by atoms with Gasteiger partial charge in [-0.25, -0.2) is 40.7 Å². The number of rotatable bonds is 12. The van der Waals surface area contributed by atoms with Crippen molar-refractivity contribution in [2.75, 3.05) is 23.7 Å². The van der Waals surface area contributed by atoms with E-state index < -0.39 is 61.0 Å². The molecule has 1 amide bonds. The van der Waals surface area contributed by atoms with E-state index in [-0.39, 0.29) is 29.5 Å². The SMILES string of the molecule is C=C[C@@H](CNc1nccc(C(N)/C(=N\SC(C)(C)C)c2cccc(NS(=O)(=O)c3c(F)cccc3F)c2F)n1)NC(=O)OC. The lowest BCUT2D eigenvalue weighted by Gasteiger charge is -2.20. The monoisotopic (exact) mass is 651 g/mol. The lowest BCUT2D eigenvalue weighted by Crippen LogP contribution is -2.38. The number of halogens is 3. The van der Waals surface area contributed by atoms with E-state index in [9.17, 15) is 22.0 Å². The maximum Gasteiger partial charge on any atom is 0.407 e. The average Bonchev–Trinajstić information content (AvgIpc) is 2.96. The summed E-state index contributed by atoms with van der Waals surface area (Å²) in [4.78, 5) is 18.8. The van der Waals surface area contributed by atoms with Gasteiger partial charge in [-0.2, -0.15) is 0 Å². The molecule has 3 aromatic rings. The van der Waals surface area contributed by atoms with Crippen molar-refractivity contribution in [3.8, 4) is 0 Å². The van der Waals surface area contributed by atoms with E-state index in [4.69, 9.17) is 5.73 Å². The zero-order valence-electron chi connectivity index (χ0n) is 24.3. The molecule has 1 unspecified atom stereocenters. The first-order valence-corrected chi connectivity index (χ1v) is 15.2. The molecule has 0 spiro atoms. The zero-order valence-corrected chi connectivity index (χ0v) is 25.9. The average molecular weight is 652 g/mol. The molecule has 3 rings (SSSR count). The van der Waals surface area contributed by atoms with Crippen molar-refractivity contribution in [2.45, 2.75) is 42.5 Å². The highest BCUT2D eigenvalue weighted by molar-refractivity contribution is 7.99. The molecule has 0 bridgehead atoms. The molecule has 2 aromatic carbocycles. The minimum atomic E-state index is -4.86. The van der Waals surface area contributed by atoms with Gasteiger partial charge in [0.25, 0.3) is 10.0 Å². The zero-order chi connectivity index (χ0) is 32.7. The molecule has 1 aromatic heterocycles. The Bertz CT molecular complexity index is 1630. The van der Waals surface area contributed by atoms with Crippen LogP contribution in [-0.4, -0.2) is 54.6 Å². The fourth-order valence-corrected chi connectivity index (χ4v) is 5.36. The molecule has 0 fully saturated rings. The van der Waals surface area contributed by atoms with Crippen LogP contribution in [0.3, 0.4) is 0 Å². The minimum absolute atomic E-state index is 0.00141. The number of hydrogen-bond donors (Lipinski definition) is 4. The van der Waals surface area contributed by atoms with Gasteiger partial charge in [0.2, 0.25) is 5.95 Å². The van der Waals surface area contributed by atoms with Gasteiger partial charge in [0.15, 0.2) is 10.7 Å². The van der Waals surface area contributed by atoms with Crippen molar-refractivity contribution in [2.24, 2.45) is 10.1 Å². The second kappa shape index (κ2) is 14.5. The van der Waals surface area contributed by atoms with E-state index in [1.165, 1.54) is 37.6 Å². The fourth-order valence-electron chi connectivity index (χ4n) is 3.58. The molecule has 0 radical (unpaired) electrons. The van der Waals surface area contributed by atoms with Gasteiger partial charge in [-0.15, -0.1) is 6.58 Å². The van der Waals surface area contributed by atoms with Crippen LogP contribution in [0.1, 0.15) is 38.1 Å². The molecule has 2 atom stereocenters. The number of nitrogens with one attached hydrogen (secondary N) is 3. The number of carbonyl (C=O) groups excluding carboxylic acids is 1. The smallest absolute Gasteiger partial charge is 0.407 e. The van der Waals surface area contributed by atoms with Gasteiger partial charge in [0, 0.05) is 23.1 Å². The van der Waals surface area contributed by atoms with Gasteiger partial charge in [0.05, 0.1) is 36.3 Å². The Balaban J connectivity index is 1.98. The normalized spacial score (nSPS) is 13.5. The highest BCUT2D eigenvalue weighted by atomic mass is 32.2. The number of nitrogens with zero attached hydrogens (tertiary/aromatic N) is 3. The molecule has 0 saturated carbocycles. The number of amides is 1. The molecular formula is C28H32F3N7O4S2. The Morgan fingerprint density at radius 2 is 1.82 bits per heavy atom. The van der Waals surface area contributed by atoms with E-state index in [0.29, 0.717) is 0 Å². The van der Waals surface area contributed by atoms with Crippen LogP contribution in [-0.2, 0) is 14.8 Å². The van der Waals surface area contributed by atoms with Crippen LogP contribution in [0.5, 0.6) is 0 Å². The minimum Gasteiger partial charge on any atom is -0.453 e. The van der Waals surface area contributed by atoms with Crippen molar-refractivity contribution in [1.82, 2.24) is 15.3 Å². The second-order valence-electron chi connectivity index (χ2n) is 10.1. The lowest BCUT2D eigenvalue weighted by atomic mass is 10.00. The molecule has 16 heteroatoms. The Kier molecular flexibility index (Phi) is 11.4. The number of aromatic nitrogens is 2. The van der Waals surface area contributed by atoms with Gasteiger partial charge in [-0.1, -0.05) is 18.2 Å². The molecule has 236 valence electrons. The number of nitrogens with two attached hydrogens (primary N) is 1. The summed E-state index contributed by atoms with van der Waals surface area (Å²) in [5.41, 5.74) is 6.03. The van der Waals surface area contributed by atoms with Crippen LogP contribution in [0.4, 0.5) is 29.6 Å². The molecule has 1 heterocycles. The van der Waals surface area contributed by atoms with Gasteiger partial charge in [0.1, 0.15) is 11.6 Å². The highest BCUT2D eigenvalue weighted by Gasteiger charge is 2.28. The van der Waals surface area contributed by atoms with E-state index in [2.05, 4.69) is 36.3 Å². The molecular weight excluding hydrogens is 619 g/mol. The van der Waals surface area contributed by atoms with Crippen LogP contribution in [0.2, 0.25) is 0 Å². The first-order valence-electron chi connectivity index (χ1n) is 13.0. The number of alkyl carbamates (subject to hydrolysis) is 1. The van der Waals surface area contributed by atoms with Gasteiger partial charge < -0.3 is 21.1 Å². The Morgan fingerprint density at radius 3 is 2.43 bits per heavy atom. The Morgan fingerprint density at radius 1 is 1.16 bits per heavy atom. The summed E-state index contributed by atoms with van der Waals surface area (Å²) >= 11 is 1.10. The van der Waals surface area contributed by atoms with Crippen molar-refractivity contribution >= 4 is 45.4 Å². The quantitative estimate of drug-likeness (QED) is 0.121. The van der Waals surface area contributed by atoms with Crippen molar-refractivity contribution in [3.63, 3.8) is 0 Å². The van der Waals surface area contributed by atoms with E-state index in [1.807, 2.05) is 25.5 Å². The van der Waals surface area contributed by atoms with Crippen molar-refractivity contribution in [3.05, 3.63) is 90.0 Å². The maximum absolute atomic E-state index is 16.0. The summed E-state index contributed by atoms with van der Waals surface area (Å²) < 4.78 is 80.8. The molecule has 0 aliphatic heterocycles. The summed E-state index contributed by atoms with van der Waals surface area (Å²) in [6.07, 6.45) is 2.24. The predicted octanol–water partition coefficient (Wildman–Crippen LogP) is 4.95. The van der Waals surface area contributed by atoms with Crippen LogP contribution >= 0.6 is 11.9 Å². The van der Waals surface area contributed by atoms with Crippen molar-refractivity contribution in [1.29, 1.82) is 0 Å². The molecule has 11 nitrogen and oxygen atoms in total. The molecule has 0 aliphatic carbocycles. The molecule has 5 N–H and O–H groups in total. The van der Waals surface area contributed by atoms with Crippen LogP contribution < -0.4 is 21.1 Å². The number of hydrogen-bond acceptors (Lipinski definition) is 10. The summed E-state index contributed by atoms with van der Waals surface area (Å²) in [7, 11) is -3.64. The number of carbonyl (C=O) groups is 1. The first-order chi connectivity index (χ1) is 20.7. The number of methoxy groups -OCH3 is 1. The third-order valence-electron chi connectivity index (χ3n) is 5.67. The van der Waals surface area contributed by atoms with Gasteiger partial charge >= 0.3 is 6.09 Å². The maximum atomic E-state index is 16.0. The highest BCUT2D eigenvalue weighted by Crippen LogP contribution is 2.31. The van der Waals surface area contributed by atoms with Gasteiger partial charge in [-0.3, -0.25) is 4.72 Å². The fraction of sp³-hybridized carbons (Fsp3) is 0.286. The van der Waals surface area contributed by atoms with Crippen LogP contribution in [0.15, 0.2) is 70.6 Å². The Hall–Kier alpha value is -4.15. The number of ether oxygens (including phenoxy) is 1. The molecule has 44 heavy (non-hydrogen) atoms. The third kappa shape index (κ3) is 8.93. The third-order valence-corrected chi connectivity index (χ3v) is 7.92. The number of anilines is 2. The predicted molar refractivity (Wildman–Crippen MR) is 164 cm³/mol. The van der Waals surface area contributed by atoms with E-state index >= 15 is 4.39 Å². The molecule has 0 aliphatic rings. The molecule has 0 saturated heterocycles. The van der Waals surface area contributed by atoms with E-state index in [0.717, 1.165) is 36.2 Å². The van der Waals surface area contributed by atoms with Crippen LogP contribution in [0, 0.1) is 17.5 Å². The first kappa shape index (κ1) is 34.3. The summed E-state index contributed by atoms with van der Waals surface area (Å²) in [5.74, 6) is -3.62. The van der Waals surface area contributed by atoms with Crippen molar-refractivity contribution < 1.29 is 31.1 Å². The topological polar surface area (TPSA) is 161 Å². The summed E-state index contributed by atoms with van der Waals surface area (Å²) in [6.45, 7) is 9.44. The summed E-state index contributed by atoms with van der Waals surface area (Å²) in [6, 6.07) is 6.17. The lowest BCUT2D eigenvalue weighted by molar-refractivity contribution is 0.169. The number of benzene rings is 2. The van der Waals surface area contributed by atoms with Gasteiger partial charge in [-0.05, 0) is 63.1 Å². The summed E-state index contributed by atoms with van der Waals surface area (Å²) in [5, 5.41) is 5.51.